The van der Waals surface area contributed by atoms with E-state index in [-0.39, 0.29) is 0 Å². The van der Waals surface area contributed by atoms with Crippen molar-refractivity contribution in [3.05, 3.63) is 53.4 Å². The Morgan fingerprint density at radius 3 is 2.89 bits per heavy atom. The molecule has 1 aliphatic carbocycles. The molecular formula is C15H18N4. The molecule has 0 radical (unpaired) electrons. The third-order valence-corrected chi connectivity index (χ3v) is 3.75. The van der Waals surface area contributed by atoms with Gasteiger partial charge in [0, 0.05) is 30.7 Å². The molecule has 0 fully saturated rings. The molecule has 0 aliphatic heterocycles. The first kappa shape index (κ1) is 12.2. The Bertz CT molecular complexity index is 553. The standard InChI is InChI=1S/C15H18N4/c16-9-12-1-2-14-13(7-12)10-18-15(19-14)8-11-3-5-17-6-4-11/h3-6,10,12H,1-2,7-9,16H2. The van der Waals surface area contributed by atoms with Crippen molar-refractivity contribution in [2.45, 2.75) is 25.7 Å². The van der Waals surface area contributed by atoms with Crippen LogP contribution in [0.5, 0.6) is 0 Å². The van der Waals surface area contributed by atoms with Gasteiger partial charge in [0.15, 0.2) is 0 Å². The van der Waals surface area contributed by atoms with Gasteiger partial charge in [0.1, 0.15) is 5.82 Å². The van der Waals surface area contributed by atoms with E-state index >= 15 is 0 Å². The summed E-state index contributed by atoms with van der Waals surface area (Å²) in [5.41, 5.74) is 9.44. The van der Waals surface area contributed by atoms with E-state index in [2.05, 4.69) is 9.97 Å². The Balaban J connectivity index is 1.79. The van der Waals surface area contributed by atoms with Crippen LogP contribution in [0.3, 0.4) is 0 Å². The Hall–Kier alpha value is -1.81. The molecule has 0 spiro atoms. The third kappa shape index (κ3) is 2.79. The molecule has 0 saturated carbocycles. The largest absolute Gasteiger partial charge is 0.330 e. The van der Waals surface area contributed by atoms with Gasteiger partial charge in [0.05, 0.1) is 0 Å². The van der Waals surface area contributed by atoms with Gasteiger partial charge in [-0.05, 0) is 55.0 Å². The second-order valence-corrected chi connectivity index (χ2v) is 5.13. The molecule has 3 rings (SSSR count). The molecule has 1 aliphatic rings. The second kappa shape index (κ2) is 5.45. The van der Waals surface area contributed by atoms with Crippen molar-refractivity contribution >= 4 is 0 Å². The fraction of sp³-hybridized carbons (Fsp3) is 0.400. The van der Waals surface area contributed by atoms with Crippen LogP contribution in [0.1, 0.15) is 29.1 Å². The monoisotopic (exact) mass is 254 g/mol. The van der Waals surface area contributed by atoms with E-state index in [1.54, 1.807) is 12.4 Å². The van der Waals surface area contributed by atoms with Crippen LogP contribution in [0, 0.1) is 5.92 Å². The van der Waals surface area contributed by atoms with Gasteiger partial charge in [-0.3, -0.25) is 4.98 Å². The van der Waals surface area contributed by atoms with E-state index in [1.165, 1.54) is 16.8 Å². The molecule has 0 aromatic carbocycles. The highest BCUT2D eigenvalue weighted by molar-refractivity contribution is 5.23. The van der Waals surface area contributed by atoms with Gasteiger partial charge in [-0.15, -0.1) is 0 Å². The van der Waals surface area contributed by atoms with Gasteiger partial charge in [-0.2, -0.15) is 0 Å². The fourth-order valence-electron chi connectivity index (χ4n) is 2.59. The van der Waals surface area contributed by atoms with E-state index in [9.17, 15) is 0 Å². The second-order valence-electron chi connectivity index (χ2n) is 5.13. The molecule has 0 amide bonds. The number of hydrogen-bond acceptors (Lipinski definition) is 4. The molecule has 1 unspecified atom stereocenters. The fourth-order valence-corrected chi connectivity index (χ4v) is 2.59. The zero-order valence-electron chi connectivity index (χ0n) is 10.9. The van der Waals surface area contributed by atoms with Gasteiger partial charge in [-0.25, -0.2) is 9.97 Å². The maximum Gasteiger partial charge on any atom is 0.132 e. The summed E-state index contributed by atoms with van der Waals surface area (Å²) in [6.07, 6.45) is 9.58. The van der Waals surface area contributed by atoms with Crippen LogP contribution in [0.25, 0.3) is 0 Å². The molecule has 1 atom stereocenters. The number of hydrogen-bond donors (Lipinski definition) is 1. The van der Waals surface area contributed by atoms with Crippen molar-refractivity contribution < 1.29 is 0 Å². The Labute approximate surface area is 113 Å². The normalized spacial score (nSPS) is 18.1. The van der Waals surface area contributed by atoms with Gasteiger partial charge >= 0.3 is 0 Å². The summed E-state index contributed by atoms with van der Waals surface area (Å²) in [7, 11) is 0. The zero-order valence-corrected chi connectivity index (χ0v) is 10.9. The van der Waals surface area contributed by atoms with Gasteiger partial charge in [-0.1, -0.05) is 0 Å². The van der Waals surface area contributed by atoms with E-state index < -0.39 is 0 Å². The summed E-state index contributed by atoms with van der Waals surface area (Å²) in [6, 6.07) is 4.01. The highest BCUT2D eigenvalue weighted by Crippen LogP contribution is 2.23. The molecule has 2 aromatic rings. The maximum absolute atomic E-state index is 5.75. The SMILES string of the molecule is NCC1CCc2nc(Cc3ccncc3)ncc2C1. The lowest BCUT2D eigenvalue weighted by Crippen LogP contribution is -2.23. The number of fused-ring (bicyclic) bond motifs is 1. The van der Waals surface area contributed by atoms with Crippen LogP contribution in [0.15, 0.2) is 30.7 Å². The molecule has 0 saturated heterocycles. The van der Waals surface area contributed by atoms with E-state index in [0.29, 0.717) is 5.92 Å². The van der Waals surface area contributed by atoms with Crippen molar-refractivity contribution in [2.24, 2.45) is 11.7 Å². The van der Waals surface area contributed by atoms with Crippen molar-refractivity contribution in [3.63, 3.8) is 0 Å². The van der Waals surface area contributed by atoms with Crippen LogP contribution in [-0.4, -0.2) is 21.5 Å². The van der Waals surface area contributed by atoms with E-state index in [4.69, 9.17) is 10.7 Å². The molecule has 2 aromatic heterocycles. The summed E-state index contributed by atoms with van der Waals surface area (Å²) in [4.78, 5) is 13.2. The van der Waals surface area contributed by atoms with Crippen LogP contribution < -0.4 is 5.73 Å². The Morgan fingerprint density at radius 2 is 2.11 bits per heavy atom. The third-order valence-electron chi connectivity index (χ3n) is 3.75. The maximum atomic E-state index is 5.75. The Morgan fingerprint density at radius 1 is 1.26 bits per heavy atom. The van der Waals surface area contributed by atoms with Crippen molar-refractivity contribution in [2.75, 3.05) is 6.54 Å². The van der Waals surface area contributed by atoms with Crippen molar-refractivity contribution in [3.8, 4) is 0 Å². The minimum Gasteiger partial charge on any atom is -0.330 e. The lowest BCUT2D eigenvalue weighted by Gasteiger charge is -2.22. The number of nitrogens with two attached hydrogens (primary N) is 1. The van der Waals surface area contributed by atoms with Crippen LogP contribution in [0.4, 0.5) is 0 Å². The quantitative estimate of drug-likeness (QED) is 0.902. The highest BCUT2D eigenvalue weighted by Gasteiger charge is 2.19. The first-order chi connectivity index (χ1) is 9.35. The van der Waals surface area contributed by atoms with Gasteiger partial charge in [0.2, 0.25) is 0 Å². The first-order valence-electron chi connectivity index (χ1n) is 6.78. The average molecular weight is 254 g/mol. The number of pyridine rings is 1. The Kier molecular flexibility index (Phi) is 3.51. The topological polar surface area (TPSA) is 64.7 Å². The molecule has 19 heavy (non-hydrogen) atoms. The predicted molar refractivity (Wildman–Crippen MR) is 73.6 cm³/mol. The number of nitrogens with zero attached hydrogens (tertiary/aromatic N) is 3. The predicted octanol–water partition coefficient (Wildman–Crippen LogP) is 1.53. The van der Waals surface area contributed by atoms with E-state index in [1.807, 2.05) is 18.3 Å². The van der Waals surface area contributed by atoms with Crippen molar-refractivity contribution in [1.29, 1.82) is 0 Å². The number of aromatic nitrogens is 3. The summed E-state index contributed by atoms with van der Waals surface area (Å²) in [5.74, 6) is 1.50. The minimum absolute atomic E-state index is 0.599. The molecule has 0 bridgehead atoms. The highest BCUT2D eigenvalue weighted by atomic mass is 14.9. The van der Waals surface area contributed by atoms with Crippen molar-refractivity contribution in [1.82, 2.24) is 15.0 Å². The summed E-state index contributed by atoms with van der Waals surface area (Å²) < 4.78 is 0. The lowest BCUT2D eigenvalue weighted by molar-refractivity contribution is 0.460. The number of aryl methyl sites for hydroxylation is 1. The summed E-state index contributed by atoms with van der Waals surface area (Å²) in [5, 5.41) is 0. The van der Waals surface area contributed by atoms with Gasteiger partial charge in [0.25, 0.3) is 0 Å². The molecule has 4 heteroatoms. The molecule has 98 valence electrons. The molecule has 2 heterocycles. The van der Waals surface area contributed by atoms with Gasteiger partial charge < -0.3 is 5.73 Å². The van der Waals surface area contributed by atoms with Crippen LogP contribution in [-0.2, 0) is 19.3 Å². The number of rotatable bonds is 3. The molecular weight excluding hydrogens is 236 g/mol. The summed E-state index contributed by atoms with van der Waals surface area (Å²) >= 11 is 0. The first-order valence-corrected chi connectivity index (χ1v) is 6.78. The average Bonchev–Trinajstić information content (AvgIpc) is 2.48. The molecule has 4 nitrogen and oxygen atoms in total. The zero-order chi connectivity index (χ0) is 13.1. The lowest BCUT2D eigenvalue weighted by atomic mass is 9.87. The van der Waals surface area contributed by atoms with Crippen LogP contribution in [0.2, 0.25) is 0 Å². The minimum atomic E-state index is 0.599. The smallest absolute Gasteiger partial charge is 0.132 e. The molecule has 2 N–H and O–H groups in total. The van der Waals surface area contributed by atoms with Crippen LogP contribution >= 0.6 is 0 Å². The van der Waals surface area contributed by atoms with E-state index in [0.717, 1.165) is 38.1 Å². The summed E-state index contributed by atoms with van der Waals surface area (Å²) in [6.45, 7) is 0.762.